The number of rotatable bonds is 10. The van der Waals surface area contributed by atoms with Crippen LogP contribution in [0.25, 0.3) is 0 Å². The van der Waals surface area contributed by atoms with E-state index in [0.29, 0.717) is 5.69 Å². The Labute approximate surface area is 244 Å². The molecule has 42 heavy (non-hydrogen) atoms. The van der Waals surface area contributed by atoms with Crippen molar-refractivity contribution in [2.45, 2.75) is 77.7 Å². The lowest BCUT2D eigenvalue weighted by Crippen LogP contribution is -2.49. The number of amides is 3. The van der Waals surface area contributed by atoms with Crippen molar-refractivity contribution in [2.75, 3.05) is 18.5 Å². The second-order valence-electron chi connectivity index (χ2n) is 11.6. The predicted octanol–water partition coefficient (Wildman–Crippen LogP) is 5.45. The first-order chi connectivity index (χ1) is 19.3. The van der Waals surface area contributed by atoms with Crippen LogP contribution in [0, 0.1) is 0 Å². The summed E-state index contributed by atoms with van der Waals surface area (Å²) >= 11 is 0. The first-order valence-electron chi connectivity index (χ1n) is 13.3. The minimum Gasteiger partial charge on any atom is -0.458 e. The zero-order chi connectivity index (χ0) is 31.7. The van der Waals surface area contributed by atoms with Crippen LogP contribution in [0.1, 0.15) is 63.9 Å². The number of nitrogens with one attached hydrogen (secondary N) is 2. The molecule has 1 atom stereocenters. The molecule has 0 aromatic heterocycles. The third-order valence-electron chi connectivity index (χ3n) is 5.39. The highest BCUT2D eigenvalue weighted by Crippen LogP contribution is 2.23. The lowest BCUT2D eigenvalue weighted by Gasteiger charge is -2.27. The Bertz CT molecular complexity index is 1220. The molecule has 0 spiro atoms. The van der Waals surface area contributed by atoms with E-state index in [2.05, 4.69) is 5.32 Å². The summed E-state index contributed by atoms with van der Waals surface area (Å²) in [4.78, 5) is 51.2. The fraction of sp³-hybridized carbons (Fsp3) is 0.467. The Morgan fingerprint density at radius 2 is 1.43 bits per heavy atom. The number of hydrogen-bond acceptors (Lipinski definition) is 7. The van der Waals surface area contributed by atoms with Crippen molar-refractivity contribution in [1.29, 1.82) is 0 Å². The number of carbonyl (C=O) groups excluding carboxylic acids is 4. The highest BCUT2D eigenvalue weighted by atomic mass is 19.3. The first kappa shape index (κ1) is 34.0. The molecule has 3 amide bonds. The van der Waals surface area contributed by atoms with Crippen molar-refractivity contribution in [2.24, 2.45) is 0 Å². The third kappa shape index (κ3) is 12.1. The fourth-order valence-electron chi connectivity index (χ4n) is 3.45. The van der Waals surface area contributed by atoms with Crippen molar-refractivity contribution >= 4 is 29.8 Å². The molecule has 0 bridgehead atoms. The van der Waals surface area contributed by atoms with E-state index < -0.39 is 60.2 Å². The van der Waals surface area contributed by atoms with Gasteiger partial charge in [0, 0.05) is 24.7 Å². The molecule has 0 aliphatic carbocycles. The van der Waals surface area contributed by atoms with Crippen LogP contribution >= 0.6 is 0 Å². The van der Waals surface area contributed by atoms with Gasteiger partial charge in [-0.25, -0.2) is 23.2 Å². The summed E-state index contributed by atoms with van der Waals surface area (Å²) in [5.74, 6) is -5.48. The largest absolute Gasteiger partial charge is 0.458 e. The van der Waals surface area contributed by atoms with E-state index in [0.717, 1.165) is 5.56 Å². The molecule has 0 aliphatic heterocycles. The van der Waals surface area contributed by atoms with Gasteiger partial charge in [-0.3, -0.25) is 9.69 Å². The van der Waals surface area contributed by atoms with Gasteiger partial charge in [0.1, 0.15) is 23.9 Å². The van der Waals surface area contributed by atoms with Gasteiger partial charge < -0.3 is 24.8 Å². The molecular weight excluding hydrogens is 552 g/mol. The number of alkyl halides is 2. The van der Waals surface area contributed by atoms with Crippen molar-refractivity contribution < 1.29 is 42.2 Å². The topological polar surface area (TPSA) is 123 Å². The molecule has 0 saturated heterocycles. The maximum atomic E-state index is 14.8. The Balaban J connectivity index is 2.08. The number of benzene rings is 2. The summed E-state index contributed by atoms with van der Waals surface area (Å²) in [6.07, 6.45) is -2.81. The monoisotopic (exact) mass is 591 g/mol. The standard InChI is InChI=1S/C30H39F2N3O7/c1-28(2,3)41-25(37)23(17-30(31,32)19-33-26(38)42-29(4,5)6)34-24(36)21-13-15-22(16-14-21)35(7)27(39)40-18-20-11-9-8-10-12-20/h8-16,23H,17-19H2,1-7H3,(H,33,38)(H,34,36). The maximum absolute atomic E-state index is 14.8. The summed E-state index contributed by atoms with van der Waals surface area (Å²) in [5.41, 5.74) is -0.622. The molecule has 0 aliphatic rings. The summed E-state index contributed by atoms with van der Waals surface area (Å²) in [5, 5.41) is 4.29. The number of ether oxygens (including phenoxy) is 3. The van der Waals surface area contributed by atoms with Crippen LogP contribution in [-0.2, 0) is 25.6 Å². The quantitative estimate of drug-likeness (QED) is 0.278. The molecule has 12 heteroatoms. The number of nitrogens with zero attached hydrogens (tertiary/aromatic N) is 1. The lowest BCUT2D eigenvalue weighted by molar-refractivity contribution is -0.159. The van der Waals surface area contributed by atoms with Gasteiger partial charge in [-0.15, -0.1) is 0 Å². The normalized spacial score (nSPS) is 12.5. The number of hydrogen-bond donors (Lipinski definition) is 2. The molecule has 230 valence electrons. The second-order valence-corrected chi connectivity index (χ2v) is 11.6. The van der Waals surface area contributed by atoms with E-state index >= 15 is 0 Å². The molecule has 2 aromatic rings. The van der Waals surface area contributed by atoms with Crippen molar-refractivity contribution in [3.63, 3.8) is 0 Å². The van der Waals surface area contributed by atoms with Gasteiger partial charge in [0.05, 0.1) is 6.54 Å². The molecule has 0 fully saturated rings. The van der Waals surface area contributed by atoms with E-state index in [9.17, 15) is 28.0 Å². The number of alkyl carbamates (subject to hydrolysis) is 1. The smallest absolute Gasteiger partial charge is 0.414 e. The average Bonchev–Trinajstić information content (AvgIpc) is 2.88. The van der Waals surface area contributed by atoms with Gasteiger partial charge >= 0.3 is 18.2 Å². The predicted molar refractivity (Wildman–Crippen MR) is 152 cm³/mol. The van der Waals surface area contributed by atoms with Gasteiger partial charge in [-0.1, -0.05) is 30.3 Å². The fourth-order valence-corrected chi connectivity index (χ4v) is 3.45. The van der Waals surface area contributed by atoms with Crippen LogP contribution in [0.5, 0.6) is 0 Å². The average molecular weight is 592 g/mol. The van der Waals surface area contributed by atoms with E-state index in [1.165, 1.54) is 36.2 Å². The van der Waals surface area contributed by atoms with Crippen molar-refractivity contribution in [3.05, 3.63) is 65.7 Å². The van der Waals surface area contributed by atoms with Gasteiger partial charge in [0.2, 0.25) is 0 Å². The Morgan fingerprint density at radius 3 is 1.98 bits per heavy atom. The zero-order valence-electron chi connectivity index (χ0n) is 25.0. The second kappa shape index (κ2) is 14.1. The van der Waals surface area contributed by atoms with Crippen LogP contribution in [0.2, 0.25) is 0 Å². The van der Waals surface area contributed by atoms with E-state index in [1.54, 1.807) is 41.5 Å². The number of carbonyl (C=O) groups is 4. The molecule has 2 rings (SSSR count). The highest BCUT2D eigenvalue weighted by molar-refractivity contribution is 5.97. The number of esters is 1. The highest BCUT2D eigenvalue weighted by Gasteiger charge is 2.39. The summed E-state index contributed by atoms with van der Waals surface area (Å²) in [6, 6.07) is 13.1. The van der Waals surface area contributed by atoms with E-state index in [1.807, 2.05) is 35.6 Å². The maximum Gasteiger partial charge on any atom is 0.414 e. The molecule has 0 saturated carbocycles. The summed E-state index contributed by atoms with van der Waals surface area (Å²) in [6.45, 7) is 8.39. The molecule has 0 heterocycles. The summed E-state index contributed by atoms with van der Waals surface area (Å²) < 4.78 is 45.2. The van der Waals surface area contributed by atoms with Gasteiger partial charge in [0.25, 0.3) is 11.8 Å². The van der Waals surface area contributed by atoms with E-state index in [4.69, 9.17) is 14.2 Å². The molecule has 2 N–H and O–H groups in total. The van der Waals surface area contributed by atoms with Gasteiger partial charge in [0.15, 0.2) is 0 Å². The molecular formula is C30H39F2N3O7. The van der Waals surface area contributed by atoms with Crippen LogP contribution in [0.4, 0.5) is 24.1 Å². The minimum atomic E-state index is -3.60. The van der Waals surface area contributed by atoms with Crippen LogP contribution in [-0.4, -0.2) is 60.8 Å². The van der Waals surface area contributed by atoms with Crippen LogP contribution < -0.4 is 15.5 Å². The van der Waals surface area contributed by atoms with Crippen molar-refractivity contribution in [3.8, 4) is 0 Å². The Hall–Kier alpha value is -4.22. The first-order valence-corrected chi connectivity index (χ1v) is 13.3. The van der Waals surface area contributed by atoms with Crippen LogP contribution in [0.15, 0.2) is 54.6 Å². The number of halogens is 2. The van der Waals surface area contributed by atoms with E-state index in [-0.39, 0.29) is 12.2 Å². The van der Waals surface area contributed by atoms with Crippen LogP contribution in [0.3, 0.4) is 0 Å². The molecule has 0 radical (unpaired) electrons. The number of anilines is 1. The van der Waals surface area contributed by atoms with Crippen molar-refractivity contribution in [1.82, 2.24) is 10.6 Å². The molecule has 2 aromatic carbocycles. The lowest BCUT2D eigenvalue weighted by atomic mass is 10.1. The summed E-state index contributed by atoms with van der Waals surface area (Å²) in [7, 11) is 1.49. The Morgan fingerprint density at radius 1 is 0.857 bits per heavy atom. The zero-order valence-corrected chi connectivity index (χ0v) is 25.0. The molecule has 10 nitrogen and oxygen atoms in total. The third-order valence-corrected chi connectivity index (χ3v) is 5.39. The van der Waals surface area contributed by atoms with Gasteiger partial charge in [-0.2, -0.15) is 0 Å². The minimum absolute atomic E-state index is 0.0496. The Kier molecular flexibility index (Phi) is 11.4. The van der Waals surface area contributed by atoms with Gasteiger partial charge in [-0.05, 0) is 71.4 Å². The SMILES string of the molecule is CN(C(=O)OCc1ccccc1)c1ccc(C(=O)NC(CC(F)(F)CNC(=O)OC(C)(C)C)C(=O)OC(C)(C)C)cc1. The molecule has 1 unspecified atom stereocenters.